The minimum atomic E-state index is -5.10. The maximum atomic E-state index is 13.2. The SMILES string of the molecule is C[C@@H](CC(=N)c1cc(C(F)(F)F)nc(S(C)(=O)=O)n1)S(=O)(=O)c1ccccc1C(F)(F)F. The molecule has 0 unspecified atom stereocenters. The number of rotatable bonds is 6. The Morgan fingerprint density at radius 3 is 2.06 bits per heavy atom. The molecule has 1 atom stereocenters. The molecule has 15 heteroatoms. The van der Waals surface area contributed by atoms with Crippen molar-refractivity contribution in [2.24, 2.45) is 0 Å². The molecule has 0 aliphatic rings. The fourth-order valence-electron chi connectivity index (χ4n) is 2.56. The van der Waals surface area contributed by atoms with E-state index in [1.54, 1.807) is 0 Å². The Bertz CT molecular complexity index is 1260. The van der Waals surface area contributed by atoms with Crippen molar-refractivity contribution >= 4 is 25.4 Å². The average molecular weight is 503 g/mol. The summed E-state index contributed by atoms with van der Waals surface area (Å²) in [6.45, 7) is 0.973. The highest BCUT2D eigenvalue weighted by Crippen LogP contribution is 2.36. The molecule has 176 valence electrons. The van der Waals surface area contributed by atoms with Gasteiger partial charge in [0, 0.05) is 12.7 Å². The molecular formula is C17H15F6N3O4S2. The first-order valence-electron chi connectivity index (χ1n) is 8.49. The molecule has 0 bridgehead atoms. The first-order valence-corrected chi connectivity index (χ1v) is 11.9. The number of hydrogen-bond acceptors (Lipinski definition) is 7. The lowest BCUT2D eigenvalue weighted by Gasteiger charge is -2.18. The lowest BCUT2D eigenvalue weighted by Crippen LogP contribution is -2.25. The van der Waals surface area contributed by atoms with Gasteiger partial charge in [0.15, 0.2) is 9.84 Å². The zero-order valence-electron chi connectivity index (χ0n) is 16.3. The predicted octanol–water partition coefficient (Wildman–Crippen LogP) is 3.54. The van der Waals surface area contributed by atoms with Crippen LogP contribution in [0.5, 0.6) is 0 Å². The fourth-order valence-corrected chi connectivity index (χ4v) is 4.66. The molecule has 32 heavy (non-hydrogen) atoms. The average Bonchev–Trinajstić information content (AvgIpc) is 2.65. The Hall–Kier alpha value is -2.55. The normalized spacial score (nSPS) is 14.2. The van der Waals surface area contributed by atoms with Gasteiger partial charge < -0.3 is 5.41 Å². The zero-order valence-corrected chi connectivity index (χ0v) is 17.9. The molecule has 0 fully saturated rings. The van der Waals surface area contributed by atoms with Crippen molar-refractivity contribution in [3.05, 3.63) is 47.3 Å². The van der Waals surface area contributed by atoms with Crippen LogP contribution in [0.3, 0.4) is 0 Å². The van der Waals surface area contributed by atoms with Gasteiger partial charge in [0.05, 0.1) is 27.1 Å². The molecule has 0 spiro atoms. The van der Waals surface area contributed by atoms with E-state index >= 15 is 0 Å². The first kappa shape index (κ1) is 25.7. The second-order valence-corrected chi connectivity index (χ2v) is 11.0. The van der Waals surface area contributed by atoms with Gasteiger partial charge in [0.1, 0.15) is 5.69 Å². The Morgan fingerprint density at radius 1 is 1.00 bits per heavy atom. The van der Waals surface area contributed by atoms with E-state index in [0.717, 1.165) is 25.1 Å². The van der Waals surface area contributed by atoms with E-state index in [2.05, 4.69) is 9.97 Å². The third-order valence-electron chi connectivity index (χ3n) is 4.16. The van der Waals surface area contributed by atoms with Crippen molar-refractivity contribution in [1.29, 1.82) is 5.41 Å². The van der Waals surface area contributed by atoms with Gasteiger partial charge in [-0.3, -0.25) is 0 Å². The summed E-state index contributed by atoms with van der Waals surface area (Å²) in [6.07, 6.45) is -10.4. The van der Waals surface area contributed by atoms with Crippen molar-refractivity contribution in [3.8, 4) is 0 Å². The van der Waals surface area contributed by atoms with Gasteiger partial charge in [-0.15, -0.1) is 0 Å². The molecule has 1 aromatic heterocycles. The lowest BCUT2D eigenvalue weighted by atomic mass is 10.1. The van der Waals surface area contributed by atoms with Crippen LogP contribution in [0.25, 0.3) is 0 Å². The van der Waals surface area contributed by atoms with Crippen molar-refractivity contribution in [3.63, 3.8) is 0 Å². The van der Waals surface area contributed by atoms with Gasteiger partial charge in [-0.2, -0.15) is 26.3 Å². The molecule has 7 nitrogen and oxygen atoms in total. The maximum Gasteiger partial charge on any atom is 0.433 e. The standard InChI is InChI=1S/C17H15F6N3O4S2/c1-9(32(29,30)13-6-4-3-5-10(13)16(18,19)20)7-11(24)12-8-14(17(21,22)23)26-15(25-12)31(2,27)28/h3-6,8-9,24H,7H2,1-2H3/t9-/m0/s1. The van der Waals surface area contributed by atoms with E-state index in [4.69, 9.17) is 5.41 Å². The molecule has 0 saturated heterocycles. The summed E-state index contributed by atoms with van der Waals surface area (Å²) < 4.78 is 127. The minimum Gasteiger partial charge on any atom is -0.303 e. The molecule has 0 amide bonds. The highest BCUT2D eigenvalue weighted by Gasteiger charge is 2.39. The van der Waals surface area contributed by atoms with E-state index < -0.39 is 76.4 Å². The van der Waals surface area contributed by atoms with Gasteiger partial charge in [-0.25, -0.2) is 26.8 Å². The highest BCUT2D eigenvalue weighted by molar-refractivity contribution is 7.92. The zero-order chi connectivity index (χ0) is 24.7. The largest absolute Gasteiger partial charge is 0.433 e. The fraction of sp³-hybridized carbons (Fsp3) is 0.353. The molecule has 2 rings (SSSR count). The Balaban J connectivity index is 2.48. The predicted molar refractivity (Wildman–Crippen MR) is 99.7 cm³/mol. The minimum absolute atomic E-state index is 0.264. The smallest absolute Gasteiger partial charge is 0.303 e. The van der Waals surface area contributed by atoms with Crippen LogP contribution in [0.4, 0.5) is 26.3 Å². The molecule has 0 aliphatic carbocycles. The summed E-state index contributed by atoms with van der Waals surface area (Å²) in [4.78, 5) is 5.24. The highest BCUT2D eigenvalue weighted by atomic mass is 32.2. The molecule has 1 heterocycles. The van der Waals surface area contributed by atoms with Crippen LogP contribution in [0.15, 0.2) is 40.4 Å². The van der Waals surface area contributed by atoms with Crippen LogP contribution in [-0.2, 0) is 32.0 Å². The van der Waals surface area contributed by atoms with Crippen molar-refractivity contribution in [2.45, 2.75) is 41.0 Å². The summed E-state index contributed by atoms with van der Waals surface area (Å²) in [5, 5.41) is 5.03. The summed E-state index contributed by atoms with van der Waals surface area (Å²) in [5.74, 6) is 0. The van der Waals surface area contributed by atoms with E-state index in [9.17, 15) is 43.2 Å². The van der Waals surface area contributed by atoms with Crippen molar-refractivity contribution in [2.75, 3.05) is 6.26 Å². The van der Waals surface area contributed by atoms with E-state index in [-0.39, 0.29) is 6.07 Å². The molecule has 0 aliphatic heterocycles. The quantitative estimate of drug-likeness (QED) is 0.366. The van der Waals surface area contributed by atoms with Crippen LogP contribution < -0.4 is 0 Å². The van der Waals surface area contributed by atoms with Gasteiger partial charge in [0.2, 0.25) is 15.0 Å². The monoisotopic (exact) mass is 503 g/mol. The molecule has 0 saturated carbocycles. The van der Waals surface area contributed by atoms with Gasteiger partial charge in [-0.1, -0.05) is 12.1 Å². The molecule has 0 radical (unpaired) electrons. The van der Waals surface area contributed by atoms with Gasteiger partial charge in [0.25, 0.3) is 0 Å². The van der Waals surface area contributed by atoms with E-state index in [0.29, 0.717) is 12.3 Å². The summed E-state index contributed by atoms with van der Waals surface area (Å²) >= 11 is 0. The van der Waals surface area contributed by atoms with Crippen molar-refractivity contribution < 1.29 is 43.2 Å². The molecule has 1 aromatic carbocycles. The van der Waals surface area contributed by atoms with Crippen molar-refractivity contribution in [1.82, 2.24) is 9.97 Å². The number of aromatic nitrogens is 2. The van der Waals surface area contributed by atoms with Gasteiger partial charge >= 0.3 is 12.4 Å². The number of hydrogen-bond donors (Lipinski definition) is 1. The number of nitrogens with zero attached hydrogens (tertiary/aromatic N) is 2. The van der Waals surface area contributed by atoms with Crippen LogP contribution in [0.2, 0.25) is 0 Å². The van der Waals surface area contributed by atoms with E-state index in [1.807, 2.05) is 0 Å². The Labute approximate surface area is 178 Å². The molecule has 1 N–H and O–H groups in total. The number of nitrogens with one attached hydrogen (secondary N) is 1. The van der Waals surface area contributed by atoms with Crippen LogP contribution >= 0.6 is 0 Å². The summed E-state index contributed by atoms with van der Waals surface area (Å²) in [5.41, 5.74) is -4.76. The third-order valence-corrected chi connectivity index (χ3v) is 7.20. The number of halogens is 6. The van der Waals surface area contributed by atoms with E-state index in [1.165, 1.54) is 0 Å². The first-order chi connectivity index (χ1) is 14.3. The number of benzene rings is 1. The summed E-state index contributed by atoms with van der Waals surface area (Å²) in [7, 11) is -9.00. The summed E-state index contributed by atoms with van der Waals surface area (Å²) in [6, 6.07) is 3.61. The molecule has 2 aromatic rings. The number of alkyl halides is 6. The topological polar surface area (TPSA) is 118 Å². The second kappa shape index (κ2) is 8.42. The lowest BCUT2D eigenvalue weighted by molar-refractivity contribution is -0.142. The maximum absolute atomic E-state index is 13.2. The van der Waals surface area contributed by atoms with Crippen LogP contribution in [-0.4, -0.2) is 44.0 Å². The van der Waals surface area contributed by atoms with Crippen LogP contribution in [0.1, 0.15) is 30.3 Å². The van der Waals surface area contributed by atoms with Crippen LogP contribution in [0, 0.1) is 5.41 Å². The third kappa shape index (κ3) is 5.62. The molecular weight excluding hydrogens is 488 g/mol. The van der Waals surface area contributed by atoms with Gasteiger partial charge in [-0.05, 0) is 25.1 Å². The number of sulfone groups is 2. The Kier molecular flexibility index (Phi) is 6.77. The second-order valence-electron chi connectivity index (χ2n) is 6.72. The Morgan fingerprint density at radius 2 is 1.56 bits per heavy atom.